The van der Waals surface area contributed by atoms with Crippen LogP contribution in [-0.2, 0) is 5.41 Å². The molecule has 1 aromatic heterocycles. The highest BCUT2D eigenvalue weighted by molar-refractivity contribution is 5.38. The van der Waals surface area contributed by atoms with E-state index in [0.29, 0.717) is 10.8 Å². The van der Waals surface area contributed by atoms with Crippen LogP contribution in [0.25, 0.3) is 0 Å². The van der Waals surface area contributed by atoms with Crippen LogP contribution in [-0.4, -0.2) is 18.1 Å². The highest BCUT2D eigenvalue weighted by Gasteiger charge is 2.67. The average Bonchev–Trinajstić information content (AvgIpc) is 2.77. The molecule has 2 nitrogen and oxygen atoms in total. The predicted octanol–water partition coefficient (Wildman–Crippen LogP) is 2.99. The van der Waals surface area contributed by atoms with Gasteiger partial charge in [0.05, 0.1) is 0 Å². The van der Waals surface area contributed by atoms with E-state index < -0.39 is 0 Å². The van der Waals surface area contributed by atoms with E-state index in [1.54, 1.807) is 0 Å². The molecule has 1 N–H and O–H groups in total. The Bertz CT molecular complexity index is 372. The molecule has 1 aliphatic carbocycles. The fraction of sp³-hybridized carbons (Fsp3) is 0.667. The maximum atomic E-state index is 4.12. The summed E-state index contributed by atoms with van der Waals surface area (Å²) < 4.78 is 0. The third kappa shape index (κ3) is 1.89. The highest BCUT2D eigenvalue weighted by Crippen LogP contribution is 2.68. The van der Waals surface area contributed by atoms with Crippen molar-refractivity contribution < 1.29 is 0 Å². The Labute approximate surface area is 105 Å². The summed E-state index contributed by atoms with van der Waals surface area (Å²) in [6.07, 6.45) is 5.02. The Balaban J connectivity index is 2.11. The van der Waals surface area contributed by atoms with Crippen LogP contribution in [0.1, 0.15) is 39.7 Å². The highest BCUT2D eigenvalue weighted by atomic mass is 14.9. The Morgan fingerprint density at radius 2 is 1.88 bits per heavy atom. The number of rotatable bonds is 5. The smallest absolute Gasteiger partial charge is 0.0270 e. The van der Waals surface area contributed by atoms with Gasteiger partial charge in [-0.25, -0.2) is 0 Å². The minimum Gasteiger partial charge on any atom is -0.316 e. The molecule has 17 heavy (non-hydrogen) atoms. The molecule has 2 rings (SSSR count). The van der Waals surface area contributed by atoms with Crippen molar-refractivity contribution in [3.8, 4) is 0 Å². The first-order valence-corrected chi connectivity index (χ1v) is 6.66. The third-order valence-electron chi connectivity index (χ3n) is 4.88. The summed E-state index contributed by atoms with van der Waals surface area (Å²) in [5.41, 5.74) is 2.12. The van der Waals surface area contributed by atoms with Crippen LogP contribution in [0.5, 0.6) is 0 Å². The third-order valence-corrected chi connectivity index (χ3v) is 4.88. The van der Waals surface area contributed by atoms with Gasteiger partial charge < -0.3 is 5.32 Å². The van der Waals surface area contributed by atoms with Crippen molar-refractivity contribution in [3.63, 3.8) is 0 Å². The molecule has 1 aromatic rings. The fourth-order valence-corrected chi connectivity index (χ4v) is 3.26. The molecule has 0 radical (unpaired) electrons. The second kappa shape index (κ2) is 4.41. The van der Waals surface area contributed by atoms with Crippen molar-refractivity contribution in [1.29, 1.82) is 0 Å². The normalized spacial score (nSPS) is 30.2. The number of nitrogens with zero attached hydrogens (tertiary/aromatic N) is 1. The largest absolute Gasteiger partial charge is 0.316 e. The van der Waals surface area contributed by atoms with Gasteiger partial charge in [-0.2, -0.15) is 0 Å². The topological polar surface area (TPSA) is 24.9 Å². The van der Waals surface area contributed by atoms with E-state index in [2.05, 4.69) is 50.1 Å². The second-order valence-corrected chi connectivity index (χ2v) is 5.92. The fourth-order valence-electron chi connectivity index (χ4n) is 3.26. The van der Waals surface area contributed by atoms with Gasteiger partial charge in [0, 0.05) is 17.8 Å². The molecular formula is C15H24N2. The number of pyridine rings is 1. The lowest BCUT2D eigenvalue weighted by atomic mass is 9.90. The van der Waals surface area contributed by atoms with Crippen LogP contribution in [0.3, 0.4) is 0 Å². The van der Waals surface area contributed by atoms with Crippen molar-refractivity contribution in [3.05, 3.63) is 30.1 Å². The van der Waals surface area contributed by atoms with Gasteiger partial charge in [0.15, 0.2) is 0 Å². The van der Waals surface area contributed by atoms with E-state index in [4.69, 9.17) is 0 Å². The van der Waals surface area contributed by atoms with Crippen molar-refractivity contribution >= 4 is 0 Å². The van der Waals surface area contributed by atoms with Gasteiger partial charge in [-0.1, -0.05) is 27.7 Å². The molecule has 0 aliphatic heterocycles. The Kier molecular flexibility index (Phi) is 3.26. The number of hydrogen-bond acceptors (Lipinski definition) is 2. The van der Waals surface area contributed by atoms with E-state index in [1.807, 2.05) is 12.4 Å². The Morgan fingerprint density at radius 3 is 2.47 bits per heavy atom. The number of nitrogens with one attached hydrogen (secondary N) is 1. The zero-order valence-electron chi connectivity index (χ0n) is 11.5. The van der Waals surface area contributed by atoms with E-state index in [9.17, 15) is 0 Å². The summed E-state index contributed by atoms with van der Waals surface area (Å²) in [5.74, 6) is 0.726. The Hall–Kier alpha value is -0.890. The summed E-state index contributed by atoms with van der Waals surface area (Å²) in [6.45, 7) is 11.6. The lowest BCUT2D eigenvalue weighted by Gasteiger charge is -2.14. The zero-order chi connectivity index (χ0) is 12.5. The number of aromatic nitrogens is 1. The predicted molar refractivity (Wildman–Crippen MR) is 72.0 cm³/mol. The van der Waals surface area contributed by atoms with Crippen LogP contribution in [0.15, 0.2) is 24.5 Å². The van der Waals surface area contributed by atoms with E-state index in [0.717, 1.165) is 19.0 Å². The van der Waals surface area contributed by atoms with Gasteiger partial charge in [0.25, 0.3) is 0 Å². The monoisotopic (exact) mass is 232 g/mol. The van der Waals surface area contributed by atoms with E-state index in [-0.39, 0.29) is 0 Å². The van der Waals surface area contributed by atoms with Gasteiger partial charge in [-0.15, -0.1) is 0 Å². The summed E-state index contributed by atoms with van der Waals surface area (Å²) >= 11 is 0. The molecule has 2 heteroatoms. The molecular weight excluding hydrogens is 208 g/mol. The lowest BCUT2D eigenvalue weighted by Crippen LogP contribution is -2.21. The van der Waals surface area contributed by atoms with Crippen LogP contribution in [0.4, 0.5) is 0 Å². The van der Waals surface area contributed by atoms with Gasteiger partial charge in [0.2, 0.25) is 0 Å². The van der Waals surface area contributed by atoms with E-state index >= 15 is 0 Å². The SMILES string of the molecule is CCCNCC1C(C)(C)C1(C)c1ccncc1. The molecule has 2 atom stereocenters. The molecule has 0 bridgehead atoms. The summed E-state index contributed by atoms with van der Waals surface area (Å²) in [7, 11) is 0. The molecule has 0 spiro atoms. The lowest BCUT2D eigenvalue weighted by molar-refractivity contribution is 0.506. The first-order valence-electron chi connectivity index (χ1n) is 6.66. The van der Waals surface area contributed by atoms with Gasteiger partial charge >= 0.3 is 0 Å². The molecule has 0 amide bonds. The molecule has 1 aliphatic rings. The van der Waals surface area contributed by atoms with Crippen LogP contribution in [0, 0.1) is 11.3 Å². The van der Waals surface area contributed by atoms with Crippen molar-refractivity contribution in [2.24, 2.45) is 11.3 Å². The maximum absolute atomic E-state index is 4.12. The second-order valence-electron chi connectivity index (χ2n) is 5.92. The van der Waals surface area contributed by atoms with Crippen molar-refractivity contribution in [2.45, 2.75) is 39.5 Å². The van der Waals surface area contributed by atoms with Crippen LogP contribution in [0.2, 0.25) is 0 Å². The first kappa shape index (κ1) is 12.6. The van der Waals surface area contributed by atoms with Gasteiger partial charge in [-0.3, -0.25) is 4.98 Å². The van der Waals surface area contributed by atoms with Crippen LogP contribution >= 0.6 is 0 Å². The summed E-state index contributed by atoms with van der Waals surface area (Å²) in [4.78, 5) is 4.12. The van der Waals surface area contributed by atoms with Crippen LogP contribution < -0.4 is 5.32 Å². The van der Waals surface area contributed by atoms with Crippen molar-refractivity contribution in [1.82, 2.24) is 10.3 Å². The summed E-state index contributed by atoms with van der Waals surface area (Å²) in [5, 5.41) is 3.56. The Morgan fingerprint density at radius 1 is 1.24 bits per heavy atom. The molecule has 2 unspecified atom stereocenters. The minimum absolute atomic E-state index is 0.302. The number of hydrogen-bond donors (Lipinski definition) is 1. The van der Waals surface area contributed by atoms with Gasteiger partial charge in [-0.05, 0) is 48.5 Å². The zero-order valence-corrected chi connectivity index (χ0v) is 11.5. The molecule has 94 valence electrons. The maximum Gasteiger partial charge on any atom is 0.0270 e. The molecule has 0 aromatic carbocycles. The minimum atomic E-state index is 0.302. The first-order chi connectivity index (χ1) is 8.05. The van der Waals surface area contributed by atoms with Crippen molar-refractivity contribution in [2.75, 3.05) is 13.1 Å². The average molecular weight is 232 g/mol. The molecule has 0 saturated heterocycles. The quantitative estimate of drug-likeness (QED) is 0.789. The van der Waals surface area contributed by atoms with Gasteiger partial charge in [0.1, 0.15) is 0 Å². The standard InChI is InChI=1S/C15H24N2/c1-5-8-17-11-13-14(2,3)15(13,4)12-6-9-16-10-7-12/h6-7,9-10,13,17H,5,8,11H2,1-4H3. The molecule has 1 heterocycles. The molecule has 1 saturated carbocycles. The van der Waals surface area contributed by atoms with E-state index in [1.165, 1.54) is 12.0 Å². The molecule has 1 fully saturated rings. The summed E-state index contributed by atoms with van der Waals surface area (Å²) in [6, 6.07) is 4.34.